The zero-order chi connectivity index (χ0) is 28.7. The summed E-state index contributed by atoms with van der Waals surface area (Å²) in [5, 5.41) is 9.54. The second-order valence-corrected chi connectivity index (χ2v) is 10.8. The molecular formula is C31H35N7O3. The third kappa shape index (κ3) is 5.11. The Hall–Kier alpha value is -4.44. The molecule has 0 bridgehead atoms. The maximum atomic E-state index is 13.5. The van der Waals surface area contributed by atoms with Crippen LogP contribution >= 0.6 is 0 Å². The molecule has 10 heteroatoms. The number of carbonyl (C=O) groups excluding carboxylic acids is 1. The van der Waals surface area contributed by atoms with E-state index < -0.39 is 0 Å². The number of ether oxygens (including phenoxy) is 1. The Bertz CT molecular complexity index is 1700. The van der Waals surface area contributed by atoms with E-state index in [9.17, 15) is 4.79 Å². The fourth-order valence-electron chi connectivity index (χ4n) is 5.73. The highest BCUT2D eigenvalue weighted by molar-refractivity contribution is 6.13. The van der Waals surface area contributed by atoms with Gasteiger partial charge in [-0.3, -0.25) is 4.79 Å². The highest BCUT2D eigenvalue weighted by Gasteiger charge is 2.26. The number of fused-ring (bicyclic) bond motifs is 3. The number of amides is 1. The van der Waals surface area contributed by atoms with Gasteiger partial charge in [-0.1, -0.05) is 35.5 Å². The van der Waals surface area contributed by atoms with Crippen LogP contribution in [0.3, 0.4) is 0 Å². The number of hydrogen-bond acceptors (Lipinski definition) is 8. The van der Waals surface area contributed by atoms with Crippen LogP contribution in [0, 0.1) is 20.8 Å². The maximum Gasteiger partial charge on any atom is 0.225 e. The molecule has 1 saturated heterocycles. The molecule has 1 unspecified atom stereocenters. The van der Waals surface area contributed by atoms with E-state index in [4.69, 9.17) is 19.2 Å². The minimum atomic E-state index is -0.269. The number of H-pyrrole nitrogens is 1. The predicted molar refractivity (Wildman–Crippen MR) is 159 cm³/mol. The lowest BCUT2D eigenvalue weighted by Crippen LogP contribution is -2.47. The molecule has 0 radical (unpaired) electrons. The molecule has 5 aromatic rings. The standard InChI is InChI=1S/C31H35N7O3/c1-18-28(19(2)41-36-18)23-15-25-22(16-26(23)40-5)29-30(32-20(3)33-31(29)35-25)34-24(21-9-7-6-8-10-21)17-27(39)38-13-11-37(4)12-14-38/h6-10,15-16,24H,11-14,17H2,1-5H3,(H2,32,33,34,35). The largest absolute Gasteiger partial charge is 0.496 e. The SMILES string of the molecule is COc1cc2c(cc1-c1c(C)noc1C)[nH]c1nc(C)nc(NC(CC(=O)N3CCN(C)CC3)c3ccccc3)c12. The summed E-state index contributed by atoms with van der Waals surface area (Å²) in [5.74, 6) is 2.85. The minimum absolute atomic E-state index is 0.131. The number of methoxy groups -OCH3 is 1. The number of carbonyl (C=O) groups is 1. The topological polar surface area (TPSA) is 112 Å². The van der Waals surface area contributed by atoms with Gasteiger partial charge in [0.15, 0.2) is 0 Å². The number of piperazine rings is 1. The van der Waals surface area contributed by atoms with E-state index in [-0.39, 0.29) is 11.9 Å². The van der Waals surface area contributed by atoms with Gasteiger partial charge in [-0.25, -0.2) is 9.97 Å². The molecule has 0 saturated carbocycles. The maximum absolute atomic E-state index is 13.5. The average molecular weight is 554 g/mol. The number of benzene rings is 2. The lowest BCUT2D eigenvalue weighted by molar-refractivity contribution is -0.133. The van der Waals surface area contributed by atoms with Gasteiger partial charge in [-0.2, -0.15) is 0 Å². The molecule has 0 aliphatic carbocycles. The van der Waals surface area contributed by atoms with Crippen LogP contribution in [0.2, 0.25) is 0 Å². The number of nitrogens with zero attached hydrogens (tertiary/aromatic N) is 5. The smallest absolute Gasteiger partial charge is 0.225 e. The molecule has 3 aromatic heterocycles. The van der Waals surface area contributed by atoms with Crippen LogP contribution in [-0.4, -0.2) is 76.2 Å². The number of aromatic nitrogens is 4. The number of anilines is 1. The molecular weight excluding hydrogens is 518 g/mol. The van der Waals surface area contributed by atoms with Crippen LogP contribution in [0.5, 0.6) is 5.75 Å². The number of likely N-dealkylation sites (N-methyl/N-ethyl adjacent to an activating group) is 1. The summed E-state index contributed by atoms with van der Waals surface area (Å²) >= 11 is 0. The molecule has 2 N–H and O–H groups in total. The Kier molecular flexibility index (Phi) is 7.08. The molecule has 1 fully saturated rings. The summed E-state index contributed by atoms with van der Waals surface area (Å²) in [7, 11) is 3.75. The van der Waals surface area contributed by atoms with Gasteiger partial charge in [0, 0.05) is 42.6 Å². The summed E-state index contributed by atoms with van der Waals surface area (Å²) in [4.78, 5) is 30.7. The van der Waals surface area contributed by atoms with Crippen molar-refractivity contribution >= 4 is 33.7 Å². The molecule has 1 aliphatic rings. The van der Waals surface area contributed by atoms with Gasteiger partial charge < -0.3 is 29.4 Å². The highest BCUT2D eigenvalue weighted by atomic mass is 16.5. The molecule has 6 rings (SSSR count). The van der Waals surface area contributed by atoms with Crippen molar-refractivity contribution in [1.82, 2.24) is 29.9 Å². The fourth-order valence-corrected chi connectivity index (χ4v) is 5.73. The van der Waals surface area contributed by atoms with Crippen LogP contribution in [0.4, 0.5) is 5.82 Å². The Balaban J connectivity index is 1.43. The molecule has 2 aromatic carbocycles. The number of aryl methyl sites for hydroxylation is 3. The van der Waals surface area contributed by atoms with E-state index in [2.05, 4.69) is 27.4 Å². The Morgan fingerprint density at radius 1 is 1.10 bits per heavy atom. The van der Waals surface area contributed by atoms with E-state index in [1.54, 1.807) is 7.11 Å². The van der Waals surface area contributed by atoms with Crippen molar-refractivity contribution in [1.29, 1.82) is 0 Å². The Morgan fingerprint density at radius 2 is 1.85 bits per heavy atom. The first kappa shape index (κ1) is 26.8. The van der Waals surface area contributed by atoms with Gasteiger partial charge in [0.25, 0.3) is 0 Å². The van der Waals surface area contributed by atoms with Crippen molar-refractivity contribution in [3.63, 3.8) is 0 Å². The number of aromatic amines is 1. The lowest BCUT2D eigenvalue weighted by Gasteiger charge is -2.33. The summed E-state index contributed by atoms with van der Waals surface area (Å²) < 4.78 is 11.3. The van der Waals surface area contributed by atoms with Gasteiger partial charge in [0.1, 0.15) is 28.8 Å². The van der Waals surface area contributed by atoms with E-state index in [0.29, 0.717) is 29.5 Å². The third-order valence-electron chi connectivity index (χ3n) is 7.93. The Morgan fingerprint density at radius 3 is 2.54 bits per heavy atom. The zero-order valence-electron chi connectivity index (χ0n) is 24.1. The van der Waals surface area contributed by atoms with Crippen molar-refractivity contribution in [2.75, 3.05) is 45.7 Å². The lowest BCUT2D eigenvalue weighted by atomic mass is 10.0. The first-order valence-electron chi connectivity index (χ1n) is 13.9. The van der Waals surface area contributed by atoms with E-state index in [1.165, 1.54) is 0 Å². The fraction of sp³-hybridized carbons (Fsp3) is 0.355. The summed E-state index contributed by atoms with van der Waals surface area (Å²) in [5.41, 5.74) is 5.23. The van der Waals surface area contributed by atoms with E-state index >= 15 is 0 Å². The van der Waals surface area contributed by atoms with Gasteiger partial charge in [0.2, 0.25) is 5.91 Å². The zero-order valence-corrected chi connectivity index (χ0v) is 24.1. The highest BCUT2D eigenvalue weighted by Crippen LogP contribution is 2.41. The van der Waals surface area contributed by atoms with Crippen molar-refractivity contribution in [3.05, 3.63) is 65.3 Å². The van der Waals surface area contributed by atoms with Crippen molar-refractivity contribution < 1.29 is 14.1 Å². The molecule has 0 spiro atoms. The van der Waals surface area contributed by atoms with Gasteiger partial charge >= 0.3 is 0 Å². The first-order valence-corrected chi connectivity index (χ1v) is 13.9. The molecule has 4 heterocycles. The predicted octanol–water partition coefficient (Wildman–Crippen LogP) is 5.02. The van der Waals surface area contributed by atoms with Gasteiger partial charge in [-0.05, 0) is 45.5 Å². The summed E-state index contributed by atoms with van der Waals surface area (Å²) in [6.45, 7) is 8.94. The van der Waals surface area contributed by atoms with Crippen molar-refractivity contribution in [2.24, 2.45) is 0 Å². The van der Waals surface area contributed by atoms with Crippen molar-refractivity contribution in [3.8, 4) is 16.9 Å². The van der Waals surface area contributed by atoms with Crippen LogP contribution in [0.15, 0.2) is 47.0 Å². The number of rotatable bonds is 7. The quantitative estimate of drug-likeness (QED) is 0.289. The molecule has 10 nitrogen and oxygen atoms in total. The Labute approximate surface area is 238 Å². The average Bonchev–Trinajstić information content (AvgIpc) is 3.50. The molecule has 212 valence electrons. The molecule has 1 amide bonds. The number of hydrogen-bond donors (Lipinski definition) is 2. The second-order valence-electron chi connectivity index (χ2n) is 10.8. The van der Waals surface area contributed by atoms with E-state index in [0.717, 1.165) is 70.6 Å². The molecule has 1 atom stereocenters. The van der Waals surface area contributed by atoms with Crippen LogP contribution in [-0.2, 0) is 4.79 Å². The summed E-state index contributed by atoms with van der Waals surface area (Å²) in [6, 6.07) is 13.9. The molecule has 41 heavy (non-hydrogen) atoms. The number of nitrogens with one attached hydrogen (secondary N) is 2. The van der Waals surface area contributed by atoms with Gasteiger partial charge in [0.05, 0.1) is 36.2 Å². The summed E-state index contributed by atoms with van der Waals surface area (Å²) in [6.07, 6.45) is 0.320. The minimum Gasteiger partial charge on any atom is -0.496 e. The van der Waals surface area contributed by atoms with Crippen LogP contribution < -0.4 is 10.1 Å². The van der Waals surface area contributed by atoms with Gasteiger partial charge in [-0.15, -0.1) is 0 Å². The first-order chi connectivity index (χ1) is 19.8. The second kappa shape index (κ2) is 10.9. The third-order valence-corrected chi connectivity index (χ3v) is 7.93. The normalized spacial score (nSPS) is 15.0. The van der Waals surface area contributed by atoms with Crippen LogP contribution in [0.1, 0.15) is 35.3 Å². The van der Waals surface area contributed by atoms with Crippen molar-refractivity contribution in [2.45, 2.75) is 33.2 Å². The molecule has 1 aliphatic heterocycles. The van der Waals surface area contributed by atoms with Crippen LogP contribution in [0.25, 0.3) is 33.1 Å². The van der Waals surface area contributed by atoms with E-state index in [1.807, 2.05) is 68.1 Å². The monoisotopic (exact) mass is 553 g/mol.